The largest absolute Gasteiger partial charge is 0.391 e. The number of aryl methyl sites for hydroxylation is 1. The van der Waals surface area contributed by atoms with Gasteiger partial charge in [-0.3, -0.25) is 19.2 Å². The summed E-state index contributed by atoms with van der Waals surface area (Å²) in [6.07, 6.45) is 7.71. The van der Waals surface area contributed by atoms with Crippen LogP contribution in [0.5, 0.6) is 0 Å². The summed E-state index contributed by atoms with van der Waals surface area (Å²) < 4.78 is 25.6. The van der Waals surface area contributed by atoms with Gasteiger partial charge in [-0.25, -0.2) is 17.9 Å². The summed E-state index contributed by atoms with van der Waals surface area (Å²) in [6, 6.07) is 26.7. The number of β-amino-alcohol motifs (C(OH)–C–C–N with tert-alkyl or cyclic N) is 1. The Kier molecular flexibility index (Phi) is 17.7. The zero-order valence-corrected chi connectivity index (χ0v) is 45.3. The maximum Gasteiger partial charge on any atom is 0.247 e. The van der Waals surface area contributed by atoms with Crippen molar-refractivity contribution in [1.29, 1.82) is 0 Å². The average Bonchev–Trinajstić information content (AvgIpc) is 4.14. The number of hydrogen-bond acceptors (Lipinski definition) is 13. The number of amides is 4. The molecule has 2 saturated heterocycles. The molecule has 6 aromatic rings. The van der Waals surface area contributed by atoms with Crippen LogP contribution in [0.1, 0.15) is 96.2 Å². The van der Waals surface area contributed by atoms with Gasteiger partial charge in [0.1, 0.15) is 12.1 Å². The second-order valence-corrected chi connectivity index (χ2v) is 23.7. The number of thiazole rings is 1. The van der Waals surface area contributed by atoms with Crippen molar-refractivity contribution in [1.82, 2.24) is 40.0 Å². The number of fused-ring (bicyclic) bond motifs is 1. The maximum atomic E-state index is 14.0. The van der Waals surface area contributed by atoms with Gasteiger partial charge in [0.15, 0.2) is 15.5 Å². The monoisotopic (exact) mass is 1060 g/mol. The number of pyridine rings is 1. The number of aliphatic hydroxyl groups is 1. The number of piperazine rings is 1. The van der Waals surface area contributed by atoms with Crippen molar-refractivity contribution >= 4 is 67.8 Å². The third kappa shape index (κ3) is 14.2. The van der Waals surface area contributed by atoms with Crippen molar-refractivity contribution in [2.75, 3.05) is 49.2 Å². The first kappa shape index (κ1) is 54.6. The van der Waals surface area contributed by atoms with E-state index in [1.165, 1.54) is 11.2 Å². The van der Waals surface area contributed by atoms with Crippen LogP contribution in [0.25, 0.3) is 27.3 Å². The minimum absolute atomic E-state index is 0.0245. The number of nitrogens with zero attached hydrogens (tertiary/aromatic N) is 7. The van der Waals surface area contributed by atoms with Crippen molar-refractivity contribution in [3.8, 4) is 21.7 Å². The lowest BCUT2D eigenvalue weighted by molar-refractivity contribution is -0.144. The molecule has 0 aliphatic carbocycles. The lowest BCUT2D eigenvalue weighted by Crippen LogP contribution is -2.57. The molecule has 4 N–H and O–H groups in total. The van der Waals surface area contributed by atoms with E-state index in [-0.39, 0.29) is 54.5 Å². The highest BCUT2D eigenvalue weighted by Crippen LogP contribution is 2.30. The number of hydrogen-bond donors (Lipinski definition) is 4. The van der Waals surface area contributed by atoms with Crippen LogP contribution in [0.15, 0.2) is 101 Å². The second kappa shape index (κ2) is 24.3. The van der Waals surface area contributed by atoms with Gasteiger partial charge in [-0.15, -0.1) is 16.4 Å². The molecule has 2 fully saturated rings. The molecule has 0 spiro atoms. The molecule has 3 aromatic heterocycles. The number of carbonyl (C=O) groups is 4. The van der Waals surface area contributed by atoms with E-state index in [9.17, 15) is 32.7 Å². The van der Waals surface area contributed by atoms with Gasteiger partial charge >= 0.3 is 0 Å². The molecule has 3 unspecified atom stereocenters. The Morgan fingerprint density at radius 2 is 1.47 bits per heavy atom. The first-order valence-corrected chi connectivity index (χ1v) is 28.8. The predicted octanol–water partition coefficient (Wildman–Crippen LogP) is 7.94. The number of rotatable bonds is 21. The minimum atomic E-state index is -3.30. The molecule has 75 heavy (non-hydrogen) atoms. The van der Waals surface area contributed by atoms with Crippen LogP contribution in [0.2, 0.25) is 0 Å². The van der Waals surface area contributed by atoms with Crippen LogP contribution >= 0.6 is 11.3 Å². The number of unbranched alkanes of at least 4 members (excludes halogenated alkanes) is 6. The lowest BCUT2D eigenvalue weighted by Gasteiger charge is -2.36. The molecule has 3 aromatic carbocycles. The normalized spacial score (nSPS) is 16.5. The van der Waals surface area contributed by atoms with Crippen molar-refractivity contribution < 1.29 is 32.7 Å². The molecular weight excluding hydrogens is 989 g/mol. The Bertz CT molecular complexity index is 3040. The first-order chi connectivity index (χ1) is 35.9. The Labute approximate surface area is 444 Å². The summed E-state index contributed by atoms with van der Waals surface area (Å²) in [7, 11) is -3.30. The Morgan fingerprint density at radius 3 is 2.11 bits per heavy atom. The summed E-state index contributed by atoms with van der Waals surface area (Å²) in [6.45, 7) is 10.8. The average molecular weight is 1060 g/mol. The highest BCUT2D eigenvalue weighted by atomic mass is 32.2. The Balaban J connectivity index is 0.691. The molecule has 4 amide bonds. The number of aromatic nitrogens is 4. The molecule has 2 aliphatic rings. The summed E-state index contributed by atoms with van der Waals surface area (Å²) in [5.41, 5.74) is 8.30. The lowest BCUT2D eigenvalue weighted by atomic mass is 9.85. The summed E-state index contributed by atoms with van der Waals surface area (Å²) in [5.74, 6) is -0.283. The van der Waals surface area contributed by atoms with Crippen molar-refractivity contribution in [3.63, 3.8) is 0 Å². The predicted molar refractivity (Wildman–Crippen MR) is 293 cm³/mol. The molecule has 398 valence electrons. The summed E-state index contributed by atoms with van der Waals surface area (Å²) >= 11 is 1.58. The van der Waals surface area contributed by atoms with Crippen LogP contribution < -0.4 is 20.9 Å². The van der Waals surface area contributed by atoms with Crippen LogP contribution in [-0.4, -0.2) is 124 Å². The summed E-state index contributed by atoms with van der Waals surface area (Å²) in [4.78, 5) is 69.9. The van der Waals surface area contributed by atoms with Gasteiger partial charge in [-0.05, 0) is 84.8 Å². The standard InChI is InChI=1S/C56H70N10O7S2/c1-38-51(74-37-58-38)41-20-18-39(19-21-41)35-57-53(70)47-34-44(67)36-65(47)54(71)52(56(2,3)4)61-49(68)16-11-9-7-6-8-10-12-17-50(69)64-32-30-63(31-33-64)43-26-24-42(25-27-43)59-55-60-48-15-13-14-46(66(48)62-55)40-22-28-45(29-23-40)75(5,72)73/h13-15,18-29,37,44,47,52,67H,6-12,16-17,30-36H2,1-5H3,(H,57,70)(H,59,62)(H,61,68). The highest BCUT2D eigenvalue weighted by Gasteiger charge is 2.44. The third-order valence-corrected chi connectivity index (χ3v) is 16.2. The van der Waals surface area contributed by atoms with E-state index < -0.39 is 33.4 Å². The van der Waals surface area contributed by atoms with E-state index in [1.807, 2.05) is 92.7 Å². The van der Waals surface area contributed by atoms with Crippen molar-refractivity contribution in [2.45, 2.75) is 122 Å². The molecular formula is C56H70N10O7S2. The highest BCUT2D eigenvalue weighted by molar-refractivity contribution is 7.90. The van der Waals surface area contributed by atoms with Crippen LogP contribution in [0, 0.1) is 12.3 Å². The van der Waals surface area contributed by atoms with Gasteiger partial charge in [-0.1, -0.05) is 95.3 Å². The fourth-order valence-electron chi connectivity index (χ4n) is 9.77. The van der Waals surface area contributed by atoms with E-state index in [2.05, 4.69) is 48.0 Å². The molecule has 8 rings (SSSR count). The minimum Gasteiger partial charge on any atom is -0.391 e. The third-order valence-electron chi connectivity index (χ3n) is 14.1. The number of benzene rings is 3. The number of sulfone groups is 1. The maximum absolute atomic E-state index is 14.0. The van der Waals surface area contributed by atoms with Gasteiger partial charge in [-0.2, -0.15) is 4.98 Å². The molecule has 17 nitrogen and oxygen atoms in total. The van der Waals surface area contributed by atoms with Gasteiger partial charge in [0.25, 0.3) is 0 Å². The quantitative estimate of drug-likeness (QED) is 0.0506. The van der Waals surface area contributed by atoms with Crippen molar-refractivity contribution in [2.24, 2.45) is 5.41 Å². The first-order valence-electron chi connectivity index (χ1n) is 26.0. The number of aliphatic hydroxyl groups excluding tert-OH is 1. The van der Waals surface area contributed by atoms with Crippen molar-refractivity contribution in [3.05, 3.63) is 108 Å². The van der Waals surface area contributed by atoms with Crippen LogP contribution in [0.3, 0.4) is 0 Å². The van der Waals surface area contributed by atoms with E-state index in [1.54, 1.807) is 40.1 Å². The molecule has 0 saturated carbocycles. The Morgan fingerprint density at radius 1 is 0.813 bits per heavy atom. The van der Waals surface area contributed by atoms with E-state index >= 15 is 0 Å². The fourth-order valence-corrected chi connectivity index (χ4v) is 11.2. The molecule has 3 atom stereocenters. The van der Waals surface area contributed by atoms with E-state index in [4.69, 9.17) is 0 Å². The van der Waals surface area contributed by atoms with Gasteiger partial charge < -0.3 is 35.8 Å². The van der Waals surface area contributed by atoms with Gasteiger partial charge in [0.2, 0.25) is 29.6 Å². The SMILES string of the molecule is Cc1ncsc1-c1ccc(CNC(=O)C2CC(O)CN2C(=O)C(NC(=O)CCCCCCCCCC(=O)N2CCN(c3ccc(Nc4nc5cccc(-c6ccc(S(C)(=O)=O)cc6)n5n4)cc3)CC2)C(C)(C)C)cc1. The second-order valence-electron chi connectivity index (χ2n) is 20.9. The molecule has 19 heteroatoms. The number of carbonyl (C=O) groups excluding carboxylic acids is 4. The molecule has 0 bridgehead atoms. The van der Waals surface area contributed by atoms with Crippen LogP contribution in [0.4, 0.5) is 17.3 Å². The molecule has 0 radical (unpaired) electrons. The number of likely N-dealkylation sites (tertiary alicyclic amines) is 1. The van der Waals surface area contributed by atoms with Gasteiger partial charge in [0, 0.05) is 81.7 Å². The number of nitrogens with one attached hydrogen (secondary N) is 3. The smallest absolute Gasteiger partial charge is 0.247 e. The van der Waals surface area contributed by atoms with Gasteiger partial charge in [0.05, 0.1) is 32.8 Å². The summed E-state index contributed by atoms with van der Waals surface area (Å²) in [5, 5.41) is 24.5. The molecule has 2 aliphatic heterocycles. The zero-order chi connectivity index (χ0) is 53.3. The molecule has 5 heterocycles. The Hall–Kier alpha value is -6.70. The fraction of sp³-hybridized carbons (Fsp3) is 0.446. The van der Waals surface area contributed by atoms with E-state index in [0.717, 1.165) is 95.9 Å². The van der Waals surface area contributed by atoms with E-state index in [0.29, 0.717) is 37.5 Å². The zero-order valence-electron chi connectivity index (χ0n) is 43.6. The van der Waals surface area contributed by atoms with Crippen LogP contribution in [-0.2, 0) is 35.6 Å². The number of anilines is 3. The topological polar surface area (TPSA) is 212 Å².